The fourth-order valence-electron chi connectivity index (χ4n) is 1.72. The molecule has 1 atom stereocenters. The number of hydrogen-bond acceptors (Lipinski definition) is 5. The third-order valence-electron chi connectivity index (χ3n) is 3.01. The highest BCUT2D eigenvalue weighted by Crippen LogP contribution is 2.20. The van der Waals surface area contributed by atoms with Crippen LogP contribution in [0.3, 0.4) is 0 Å². The molecule has 1 aromatic heterocycles. The Morgan fingerprint density at radius 3 is 2.58 bits per heavy atom. The molecule has 0 spiro atoms. The Bertz CT molecular complexity index is 488. The lowest BCUT2D eigenvalue weighted by molar-refractivity contribution is 0.385. The second-order valence-corrected chi connectivity index (χ2v) is 7.08. The van der Waals surface area contributed by atoms with Gasteiger partial charge in [-0.3, -0.25) is 0 Å². The highest BCUT2D eigenvalue weighted by Gasteiger charge is 2.26. The van der Waals surface area contributed by atoms with Crippen molar-refractivity contribution < 1.29 is 8.42 Å². The van der Waals surface area contributed by atoms with E-state index in [0.717, 1.165) is 12.2 Å². The molecule has 0 aliphatic heterocycles. The van der Waals surface area contributed by atoms with E-state index >= 15 is 0 Å². The van der Waals surface area contributed by atoms with Gasteiger partial charge in [0.05, 0.1) is 0 Å². The molecule has 1 rings (SSSR count). The van der Waals surface area contributed by atoms with Crippen molar-refractivity contribution in [1.29, 1.82) is 0 Å². The molecular formula is C12H21N3O2S2. The smallest absolute Gasteiger partial charge is 0.244 e. The molecule has 0 saturated heterocycles. The Kier molecular flexibility index (Phi) is 6.09. The summed E-state index contributed by atoms with van der Waals surface area (Å²) in [4.78, 5) is 4.28. The topological polar surface area (TPSA) is 62.3 Å². The molecule has 1 N–H and O–H groups in total. The maximum Gasteiger partial charge on any atom is 0.244 e. The summed E-state index contributed by atoms with van der Waals surface area (Å²) >= 11 is 1.65. The zero-order valence-electron chi connectivity index (χ0n) is 11.8. The molecule has 0 aliphatic rings. The van der Waals surface area contributed by atoms with Crippen LogP contribution in [0, 0.1) is 0 Å². The van der Waals surface area contributed by atoms with Gasteiger partial charge in [0, 0.05) is 32.1 Å². The van der Waals surface area contributed by atoms with Crippen LogP contribution >= 0.6 is 11.8 Å². The number of sulfonamides is 1. The van der Waals surface area contributed by atoms with E-state index in [-0.39, 0.29) is 10.9 Å². The molecule has 5 nitrogen and oxygen atoms in total. The maximum absolute atomic E-state index is 12.5. The third kappa shape index (κ3) is 3.84. The van der Waals surface area contributed by atoms with Crippen molar-refractivity contribution in [1.82, 2.24) is 9.29 Å². The van der Waals surface area contributed by atoms with Gasteiger partial charge < -0.3 is 5.32 Å². The first kappa shape index (κ1) is 16.3. The lowest BCUT2D eigenvalue weighted by Crippen LogP contribution is -2.38. The van der Waals surface area contributed by atoms with Gasteiger partial charge in [-0.15, -0.1) is 0 Å². The van der Waals surface area contributed by atoms with Crippen LogP contribution in [0.2, 0.25) is 0 Å². The molecule has 7 heteroatoms. The monoisotopic (exact) mass is 303 g/mol. The van der Waals surface area contributed by atoms with Crippen LogP contribution in [-0.4, -0.2) is 49.9 Å². The molecule has 0 bridgehead atoms. The Labute approximate surface area is 119 Å². The van der Waals surface area contributed by atoms with E-state index in [9.17, 15) is 8.42 Å². The van der Waals surface area contributed by atoms with Crippen LogP contribution in [0.15, 0.2) is 23.2 Å². The van der Waals surface area contributed by atoms with Crippen LogP contribution < -0.4 is 5.32 Å². The van der Waals surface area contributed by atoms with Gasteiger partial charge in [-0.2, -0.15) is 16.1 Å². The van der Waals surface area contributed by atoms with Gasteiger partial charge in [0.25, 0.3) is 0 Å². The van der Waals surface area contributed by atoms with Crippen molar-refractivity contribution >= 4 is 27.6 Å². The highest BCUT2D eigenvalue weighted by molar-refractivity contribution is 7.98. The summed E-state index contributed by atoms with van der Waals surface area (Å²) in [6.45, 7) is 2.00. The van der Waals surface area contributed by atoms with Gasteiger partial charge in [-0.25, -0.2) is 13.4 Å². The van der Waals surface area contributed by atoms with Crippen LogP contribution in [0.25, 0.3) is 0 Å². The lowest BCUT2D eigenvalue weighted by Gasteiger charge is -2.25. The van der Waals surface area contributed by atoms with Crippen LogP contribution in [0.5, 0.6) is 0 Å². The molecule has 0 aromatic carbocycles. The Hall–Kier alpha value is -0.790. The first-order valence-corrected chi connectivity index (χ1v) is 8.91. The minimum Gasteiger partial charge on any atom is -0.373 e. The molecule has 1 unspecified atom stereocenters. The molecule has 19 heavy (non-hydrogen) atoms. The summed E-state index contributed by atoms with van der Waals surface area (Å²) in [5, 5.41) is 2.87. The Balaban J connectivity index is 3.00. The van der Waals surface area contributed by atoms with Gasteiger partial charge >= 0.3 is 0 Å². The molecule has 0 aliphatic carbocycles. The van der Waals surface area contributed by atoms with Gasteiger partial charge in [0.15, 0.2) is 0 Å². The van der Waals surface area contributed by atoms with E-state index in [2.05, 4.69) is 10.3 Å². The van der Waals surface area contributed by atoms with Crippen molar-refractivity contribution in [2.75, 3.05) is 31.4 Å². The lowest BCUT2D eigenvalue weighted by atomic mass is 10.3. The standard InChI is InChI=1S/C12H21N3O2S2/c1-5-10(9-18-4)15(3)19(16,17)11-6-7-12(13-2)14-8-11/h6-8,10H,5,9H2,1-4H3,(H,13,14). The molecular weight excluding hydrogens is 282 g/mol. The second kappa shape index (κ2) is 7.12. The van der Waals surface area contributed by atoms with Gasteiger partial charge in [-0.05, 0) is 24.8 Å². The molecule has 0 amide bonds. The van der Waals surface area contributed by atoms with Gasteiger partial charge in [0.2, 0.25) is 10.0 Å². The van der Waals surface area contributed by atoms with E-state index in [4.69, 9.17) is 0 Å². The second-order valence-electron chi connectivity index (χ2n) is 4.17. The average molecular weight is 303 g/mol. The minimum atomic E-state index is -3.47. The van der Waals surface area contributed by atoms with Crippen LogP contribution in [0.4, 0.5) is 5.82 Å². The predicted octanol–water partition coefficient (Wildman–Crippen LogP) is 1.89. The zero-order chi connectivity index (χ0) is 14.5. The molecule has 0 saturated carbocycles. The summed E-state index contributed by atoms with van der Waals surface area (Å²) in [5.41, 5.74) is 0. The maximum atomic E-state index is 12.5. The molecule has 0 fully saturated rings. The predicted molar refractivity (Wildman–Crippen MR) is 81.2 cm³/mol. The van der Waals surface area contributed by atoms with E-state index in [1.165, 1.54) is 10.5 Å². The summed E-state index contributed by atoms with van der Waals surface area (Å²) in [6, 6.07) is 3.25. The average Bonchev–Trinajstić information content (AvgIpc) is 2.44. The first-order chi connectivity index (χ1) is 8.97. The number of anilines is 1. The fourth-order valence-corrected chi connectivity index (χ4v) is 4.03. The SMILES string of the molecule is CCC(CSC)N(C)S(=O)(=O)c1ccc(NC)nc1. The highest BCUT2D eigenvalue weighted by atomic mass is 32.2. The van der Waals surface area contributed by atoms with Crippen molar-refractivity contribution in [2.24, 2.45) is 0 Å². The number of aromatic nitrogens is 1. The molecule has 1 aromatic rings. The molecule has 0 radical (unpaired) electrons. The summed E-state index contributed by atoms with van der Waals surface area (Å²) in [6.07, 6.45) is 4.16. The number of nitrogens with zero attached hydrogens (tertiary/aromatic N) is 2. The van der Waals surface area contributed by atoms with Crippen molar-refractivity contribution in [2.45, 2.75) is 24.3 Å². The third-order valence-corrected chi connectivity index (χ3v) is 5.63. The van der Waals surface area contributed by atoms with Gasteiger partial charge in [-0.1, -0.05) is 6.92 Å². The fraction of sp³-hybridized carbons (Fsp3) is 0.583. The largest absolute Gasteiger partial charge is 0.373 e. The quantitative estimate of drug-likeness (QED) is 0.833. The summed E-state index contributed by atoms with van der Waals surface area (Å²) < 4.78 is 26.4. The zero-order valence-corrected chi connectivity index (χ0v) is 13.4. The van der Waals surface area contributed by atoms with Crippen molar-refractivity contribution in [3.05, 3.63) is 18.3 Å². The van der Waals surface area contributed by atoms with Crippen LogP contribution in [-0.2, 0) is 10.0 Å². The first-order valence-electron chi connectivity index (χ1n) is 6.08. The number of pyridine rings is 1. The van der Waals surface area contributed by atoms with E-state index < -0.39 is 10.0 Å². The van der Waals surface area contributed by atoms with Crippen molar-refractivity contribution in [3.8, 4) is 0 Å². The molecule has 108 valence electrons. The number of nitrogens with one attached hydrogen (secondary N) is 1. The minimum absolute atomic E-state index is 0.00368. The van der Waals surface area contributed by atoms with E-state index in [0.29, 0.717) is 5.82 Å². The number of hydrogen-bond donors (Lipinski definition) is 1. The Morgan fingerprint density at radius 1 is 1.47 bits per heavy atom. The summed E-state index contributed by atoms with van der Waals surface area (Å²) in [7, 11) is -0.0928. The number of rotatable bonds is 7. The van der Waals surface area contributed by atoms with E-state index in [1.807, 2.05) is 13.2 Å². The van der Waals surface area contributed by atoms with Crippen LogP contribution in [0.1, 0.15) is 13.3 Å². The normalized spacial score (nSPS) is 13.5. The van der Waals surface area contributed by atoms with Gasteiger partial charge in [0.1, 0.15) is 10.7 Å². The number of thioether (sulfide) groups is 1. The molecule has 1 heterocycles. The summed E-state index contributed by atoms with van der Waals surface area (Å²) in [5.74, 6) is 1.44. The Morgan fingerprint density at radius 2 is 2.16 bits per heavy atom. The van der Waals surface area contributed by atoms with E-state index in [1.54, 1.807) is 38.0 Å². The van der Waals surface area contributed by atoms with Crippen molar-refractivity contribution in [3.63, 3.8) is 0 Å².